The minimum atomic E-state index is -3.40. The second-order valence-electron chi connectivity index (χ2n) is 12.4. The molecule has 0 amide bonds. The van der Waals surface area contributed by atoms with Gasteiger partial charge in [-0.3, -0.25) is 9.59 Å². The number of hydrogen-bond donors (Lipinski definition) is 2. The number of carbonyl (C=O) groups is 2. The number of nitrogens with two attached hydrogens (primary N) is 1. The van der Waals surface area contributed by atoms with Crippen LogP contribution in [0.15, 0.2) is 0 Å². The van der Waals surface area contributed by atoms with Gasteiger partial charge in [0.25, 0.3) is 5.85 Å². The number of aliphatic hydroxyl groups excluding tert-OH is 1. The highest BCUT2D eigenvalue weighted by Gasteiger charge is 2.53. The molecule has 0 rings (SSSR count). The second kappa shape index (κ2) is 28.1. The van der Waals surface area contributed by atoms with E-state index >= 15 is 0 Å². The summed E-state index contributed by atoms with van der Waals surface area (Å²) in [5, 5.41) is 10.2. The van der Waals surface area contributed by atoms with E-state index in [0.29, 0.717) is 12.8 Å². The molecule has 0 aromatic carbocycles. The molecule has 0 bridgehead atoms. The van der Waals surface area contributed by atoms with Crippen molar-refractivity contribution in [2.45, 2.75) is 205 Å². The molecular formula is C34H66NO5P. The summed E-state index contributed by atoms with van der Waals surface area (Å²) in [6, 6.07) is 0. The molecular weight excluding hydrogens is 533 g/mol. The van der Waals surface area contributed by atoms with Crippen molar-refractivity contribution in [2.75, 3.05) is 0 Å². The summed E-state index contributed by atoms with van der Waals surface area (Å²) in [4.78, 5) is 37.4. The molecule has 0 saturated heterocycles. The smallest absolute Gasteiger partial charge is 0.344 e. The first-order chi connectivity index (χ1) is 19.8. The molecule has 0 aliphatic carbocycles. The lowest BCUT2D eigenvalue weighted by molar-refractivity contribution is -0.176. The molecule has 0 spiro atoms. The maximum absolute atomic E-state index is 12.9. The molecule has 0 aromatic heterocycles. The number of aliphatic hydroxyl groups is 1. The predicted octanol–water partition coefficient (Wildman–Crippen LogP) is 9.21. The average molecular weight is 600 g/mol. The van der Waals surface area contributed by atoms with E-state index < -0.39 is 31.0 Å². The van der Waals surface area contributed by atoms with Gasteiger partial charge in [-0.05, 0) is 12.8 Å². The number of unbranched alkanes of at least 4 members (excludes halogenated alkanes) is 24. The number of rotatable bonds is 32. The van der Waals surface area contributed by atoms with Gasteiger partial charge in [0.2, 0.25) is 5.54 Å². The first-order valence-corrected chi connectivity index (χ1v) is 18.7. The van der Waals surface area contributed by atoms with E-state index in [-0.39, 0.29) is 12.8 Å². The van der Waals surface area contributed by atoms with Crippen molar-refractivity contribution in [1.29, 1.82) is 0 Å². The maximum atomic E-state index is 12.9. The summed E-state index contributed by atoms with van der Waals surface area (Å²) in [6.45, 7) is 4.48. The molecule has 242 valence electrons. The Morgan fingerprint density at radius 1 is 0.561 bits per heavy atom. The summed E-state index contributed by atoms with van der Waals surface area (Å²) in [5.74, 6) is -3.46. The molecule has 2 unspecified atom stereocenters. The first kappa shape index (κ1) is 40.3. The third-order valence-electron chi connectivity index (χ3n) is 8.54. The molecule has 0 radical (unpaired) electrons. The van der Waals surface area contributed by atoms with Gasteiger partial charge in [-0.15, -0.1) is 0 Å². The van der Waals surface area contributed by atoms with Gasteiger partial charge in [0.05, 0.1) is 0 Å². The van der Waals surface area contributed by atoms with E-state index in [2.05, 4.69) is 13.8 Å². The summed E-state index contributed by atoms with van der Waals surface area (Å²) in [7, 11) is -3.40. The molecule has 7 heteroatoms. The number of Topliss-reactive ketones (excluding diaryl/α,β-unsaturated/α-hetero) is 2. The first-order valence-electron chi connectivity index (χ1n) is 17.5. The Morgan fingerprint density at radius 3 is 1.00 bits per heavy atom. The topological polar surface area (TPSA) is 121 Å². The fourth-order valence-electron chi connectivity index (χ4n) is 5.63. The lowest BCUT2D eigenvalue weighted by atomic mass is 9.85. The van der Waals surface area contributed by atoms with Gasteiger partial charge in [-0.1, -0.05) is 173 Å². The largest absolute Gasteiger partial charge is 0.593 e. The van der Waals surface area contributed by atoms with Gasteiger partial charge in [0.15, 0.2) is 11.6 Å². The van der Waals surface area contributed by atoms with E-state index in [1.54, 1.807) is 0 Å². The van der Waals surface area contributed by atoms with Crippen molar-refractivity contribution in [1.82, 2.24) is 0 Å². The summed E-state index contributed by atoms with van der Waals surface area (Å²) in [5.41, 5.74) is 3.75. The van der Waals surface area contributed by atoms with Crippen molar-refractivity contribution in [3.63, 3.8) is 0 Å². The van der Waals surface area contributed by atoms with Crippen LogP contribution in [-0.2, 0) is 14.2 Å². The van der Waals surface area contributed by atoms with Crippen molar-refractivity contribution < 1.29 is 24.2 Å². The normalized spacial score (nSPS) is 13.0. The van der Waals surface area contributed by atoms with Gasteiger partial charge >= 0.3 is 8.03 Å². The minimum absolute atomic E-state index is 0.0266. The summed E-state index contributed by atoms with van der Waals surface area (Å²) >= 11 is 0. The molecule has 3 N–H and O–H groups in total. The van der Waals surface area contributed by atoms with Crippen molar-refractivity contribution in [2.24, 2.45) is 5.73 Å². The van der Waals surface area contributed by atoms with Gasteiger partial charge in [0.1, 0.15) is 0 Å². The Kier molecular flexibility index (Phi) is 27.6. The third-order valence-corrected chi connectivity index (χ3v) is 9.35. The SMILES string of the molecule is CCCCCCCCCCCCCCCC(=O)C(N)(C(=O)CCCCCCCCCCCCCCC)C(O)[P+](=O)[O-]. The molecule has 0 fully saturated rings. The molecule has 0 aliphatic rings. The Hall–Kier alpha value is -0.680. The van der Waals surface area contributed by atoms with Crippen molar-refractivity contribution in [3.8, 4) is 0 Å². The third kappa shape index (κ3) is 20.8. The minimum Gasteiger partial charge on any atom is -0.593 e. The van der Waals surface area contributed by atoms with Crippen LogP contribution in [-0.4, -0.2) is 28.1 Å². The average Bonchev–Trinajstić information content (AvgIpc) is 2.96. The molecule has 0 aromatic rings. The Balaban J connectivity index is 4.13. The van der Waals surface area contributed by atoms with Crippen LogP contribution < -0.4 is 10.6 Å². The highest BCUT2D eigenvalue weighted by atomic mass is 31.1. The maximum Gasteiger partial charge on any atom is 0.344 e. The number of carbonyl (C=O) groups excluding carboxylic acids is 2. The fraction of sp³-hybridized carbons (Fsp3) is 0.941. The van der Waals surface area contributed by atoms with Gasteiger partial charge in [-0.2, -0.15) is 0 Å². The zero-order valence-electron chi connectivity index (χ0n) is 27.0. The number of ketones is 2. The van der Waals surface area contributed by atoms with Crippen molar-refractivity contribution in [3.05, 3.63) is 0 Å². The quantitative estimate of drug-likeness (QED) is 0.0452. The lowest BCUT2D eigenvalue weighted by Crippen LogP contribution is -2.62. The monoisotopic (exact) mass is 599 g/mol. The Labute approximate surface area is 254 Å². The van der Waals surface area contributed by atoms with Crippen LogP contribution in [0.1, 0.15) is 194 Å². The zero-order chi connectivity index (χ0) is 30.6. The molecule has 41 heavy (non-hydrogen) atoms. The van der Waals surface area contributed by atoms with E-state index in [0.717, 1.165) is 38.5 Å². The summed E-state index contributed by atoms with van der Waals surface area (Å²) < 4.78 is 11.5. The zero-order valence-corrected chi connectivity index (χ0v) is 27.9. The second-order valence-corrected chi connectivity index (χ2v) is 13.4. The molecule has 0 aliphatic heterocycles. The van der Waals surface area contributed by atoms with E-state index in [9.17, 15) is 24.2 Å². The highest BCUT2D eigenvalue weighted by molar-refractivity contribution is 7.37. The van der Waals surface area contributed by atoms with Gasteiger partial charge < -0.3 is 15.7 Å². The summed E-state index contributed by atoms with van der Waals surface area (Å²) in [6.07, 6.45) is 30.5. The van der Waals surface area contributed by atoms with Crippen LogP contribution >= 0.6 is 8.03 Å². The Morgan fingerprint density at radius 2 is 0.780 bits per heavy atom. The van der Waals surface area contributed by atoms with Crippen LogP contribution in [0.3, 0.4) is 0 Å². The van der Waals surface area contributed by atoms with Gasteiger partial charge in [-0.25, -0.2) is 0 Å². The van der Waals surface area contributed by atoms with Crippen molar-refractivity contribution >= 4 is 19.6 Å². The molecule has 2 atom stereocenters. The highest BCUT2D eigenvalue weighted by Crippen LogP contribution is 2.30. The Bertz CT molecular complexity index is 615. The number of hydrogen-bond acceptors (Lipinski definition) is 6. The lowest BCUT2D eigenvalue weighted by Gasteiger charge is -2.26. The van der Waals surface area contributed by atoms with E-state index in [4.69, 9.17) is 5.73 Å². The fourth-order valence-corrected chi connectivity index (χ4v) is 6.25. The molecule has 0 saturated carbocycles. The van der Waals surface area contributed by atoms with Gasteiger partial charge in [0, 0.05) is 12.8 Å². The molecule has 6 nitrogen and oxygen atoms in total. The molecule has 0 heterocycles. The van der Waals surface area contributed by atoms with Crippen LogP contribution in [0.4, 0.5) is 0 Å². The van der Waals surface area contributed by atoms with Crippen LogP contribution in [0, 0.1) is 0 Å². The predicted molar refractivity (Wildman–Crippen MR) is 171 cm³/mol. The van der Waals surface area contributed by atoms with E-state index in [1.165, 1.54) is 116 Å². The van der Waals surface area contributed by atoms with E-state index in [1.807, 2.05) is 0 Å². The van der Waals surface area contributed by atoms with Crippen LogP contribution in [0.25, 0.3) is 0 Å². The van der Waals surface area contributed by atoms with Crippen LogP contribution in [0.2, 0.25) is 0 Å². The standard InChI is InChI=1S/C34H66NO5P/c1-3-5-7-9-11-13-15-17-19-21-23-25-27-29-31(36)34(35,33(38)41(39)40)32(37)30-28-26-24-22-20-18-16-14-12-10-8-6-4-2/h33,38H,3-30,35H2,1-2H3. The van der Waals surface area contributed by atoms with Crippen LogP contribution in [0.5, 0.6) is 0 Å².